The van der Waals surface area contributed by atoms with Gasteiger partial charge in [-0.05, 0) is 43.1 Å². The Bertz CT molecular complexity index is 971. The van der Waals surface area contributed by atoms with Crippen LogP contribution >= 0.6 is 0 Å². The van der Waals surface area contributed by atoms with Gasteiger partial charge in [-0.25, -0.2) is 4.39 Å². The highest BCUT2D eigenvalue weighted by Gasteiger charge is 2.34. The van der Waals surface area contributed by atoms with Crippen molar-refractivity contribution < 1.29 is 22.1 Å². The van der Waals surface area contributed by atoms with E-state index in [1.54, 1.807) is 35.4 Å². The Balaban J connectivity index is 1.48. The van der Waals surface area contributed by atoms with Gasteiger partial charge in [-0.1, -0.05) is 23.4 Å². The van der Waals surface area contributed by atoms with Crippen LogP contribution in [0.5, 0.6) is 0 Å². The third-order valence-corrected chi connectivity index (χ3v) is 4.92. The van der Waals surface area contributed by atoms with E-state index in [1.807, 2.05) is 0 Å². The second-order valence-electron chi connectivity index (χ2n) is 6.96. The van der Waals surface area contributed by atoms with Gasteiger partial charge < -0.3 is 4.52 Å². The number of hydrogen-bond acceptors (Lipinski definition) is 5. The van der Waals surface area contributed by atoms with Crippen molar-refractivity contribution in [2.45, 2.75) is 31.5 Å². The summed E-state index contributed by atoms with van der Waals surface area (Å²) in [6, 6.07) is 9.35. The van der Waals surface area contributed by atoms with E-state index in [9.17, 15) is 17.6 Å². The monoisotopic (exact) mass is 406 g/mol. The van der Waals surface area contributed by atoms with Crippen LogP contribution in [0.3, 0.4) is 0 Å². The Morgan fingerprint density at radius 3 is 2.72 bits per heavy atom. The second-order valence-corrected chi connectivity index (χ2v) is 6.96. The summed E-state index contributed by atoms with van der Waals surface area (Å²) >= 11 is 0. The molecule has 0 spiro atoms. The molecule has 5 nitrogen and oxygen atoms in total. The number of aromatic nitrogens is 3. The summed E-state index contributed by atoms with van der Waals surface area (Å²) in [6.07, 6.45) is -2.02. The standard InChI is InChI=1S/C20H18F4N4O/c21-15-4-1-3-13(11-15)14-6-7-16(25-12-14)18-26-19(29-27-18)17-5-2-9-28(17)10-8-20(22,23)24/h1,3-4,6-7,11-12,17H,2,5,8-10H2. The summed E-state index contributed by atoms with van der Waals surface area (Å²) in [4.78, 5) is 10.4. The molecule has 1 unspecified atom stereocenters. The molecule has 1 atom stereocenters. The fourth-order valence-electron chi connectivity index (χ4n) is 3.48. The van der Waals surface area contributed by atoms with Gasteiger partial charge in [0.15, 0.2) is 0 Å². The van der Waals surface area contributed by atoms with Crippen molar-refractivity contribution in [3.05, 3.63) is 54.3 Å². The molecule has 29 heavy (non-hydrogen) atoms. The average Bonchev–Trinajstić information content (AvgIpc) is 3.35. The third-order valence-electron chi connectivity index (χ3n) is 4.92. The minimum absolute atomic E-state index is 0.0908. The van der Waals surface area contributed by atoms with E-state index in [0.717, 1.165) is 12.0 Å². The molecule has 1 aromatic carbocycles. The lowest BCUT2D eigenvalue weighted by atomic mass is 10.1. The van der Waals surface area contributed by atoms with E-state index in [2.05, 4.69) is 15.1 Å². The van der Waals surface area contributed by atoms with E-state index >= 15 is 0 Å². The molecule has 0 N–H and O–H groups in total. The predicted molar refractivity (Wildman–Crippen MR) is 97.1 cm³/mol. The maximum absolute atomic E-state index is 13.4. The first-order valence-corrected chi connectivity index (χ1v) is 9.26. The largest absolute Gasteiger partial charge is 0.390 e. The van der Waals surface area contributed by atoms with Crippen LogP contribution in [0.25, 0.3) is 22.6 Å². The van der Waals surface area contributed by atoms with E-state index in [0.29, 0.717) is 30.1 Å². The molecule has 9 heteroatoms. The van der Waals surface area contributed by atoms with Crippen molar-refractivity contribution in [2.75, 3.05) is 13.1 Å². The molecule has 1 fully saturated rings. The SMILES string of the molecule is Fc1cccc(-c2ccc(-c3noc(C4CCCN4CCC(F)(F)F)n3)nc2)c1. The summed E-state index contributed by atoms with van der Waals surface area (Å²) in [5.41, 5.74) is 1.91. The van der Waals surface area contributed by atoms with Gasteiger partial charge in [-0.15, -0.1) is 0 Å². The van der Waals surface area contributed by atoms with Crippen molar-refractivity contribution in [3.8, 4) is 22.6 Å². The Morgan fingerprint density at radius 1 is 1.14 bits per heavy atom. The Morgan fingerprint density at radius 2 is 2.00 bits per heavy atom. The lowest BCUT2D eigenvalue weighted by Gasteiger charge is -2.21. The molecule has 4 rings (SSSR count). The summed E-state index contributed by atoms with van der Waals surface area (Å²) in [6.45, 7) is 0.478. The molecule has 1 saturated heterocycles. The first-order chi connectivity index (χ1) is 13.9. The highest BCUT2D eigenvalue weighted by Crippen LogP contribution is 2.33. The van der Waals surface area contributed by atoms with Crippen LogP contribution in [-0.4, -0.2) is 39.3 Å². The minimum atomic E-state index is -4.19. The topological polar surface area (TPSA) is 55.1 Å². The van der Waals surface area contributed by atoms with Crippen molar-refractivity contribution >= 4 is 0 Å². The maximum Gasteiger partial charge on any atom is 0.390 e. The van der Waals surface area contributed by atoms with Crippen molar-refractivity contribution in [1.29, 1.82) is 0 Å². The number of hydrogen-bond donors (Lipinski definition) is 0. The summed E-state index contributed by atoms with van der Waals surface area (Å²) in [5.74, 6) is 0.241. The number of pyridine rings is 1. The van der Waals surface area contributed by atoms with Crippen LogP contribution in [-0.2, 0) is 0 Å². The zero-order valence-corrected chi connectivity index (χ0v) is 15.4. The molecule has 0 bridgehead atoms. The first-order valence-electron chi connectivity index (χ1n) is 9.26. The Kier molecular flexibility index (Phi) is 5.31. The van der Waals surface area contributed by atoms with Crippen LogP contribution in [0.2, 0.25) is 0 Å². The summed E-state index contributed by atoms with van der Waals surface area (Å²) < 4.78 is 56.3. The lowest BCUT2D eigenvalue weighted by Crippen LogP contribution is -2.28. The molecule has 0 aliphatic carbocycles. The van der Waals surface area contributed by atoms with Gasteiger partial charge in [-0.2, -0.15) is 18.2 Å². The van der Waals surface area contributed by atoms with Crippen molar-refractivity contribution in [3.63, 3.8) is 0 Å². The van der Waals surface area contributed by atoms with Crippen LogP contribution in [0.4, 0.5) is 17.6 Å². The fourth-order valence-corrected chi connectivity index (χ4v) is 3.48. The van der Waals surface area contributed by atoms with E-state index in [4.69, 9.17) is 4.52 Å². The fraction of sp³-hybridized carbons (Fsp3) is 0.350. The molecule has 1 aliphatic heterocycles. The van der Waals surface area contributed by atoms with Crippen molar-refractivity contribution in [1.82, 2.24) is 20.0 Å². The maximum atomic E-state index is 13.4. The van der Waals surface area contributed by atoms with Gasteiger partial charge in [0.1, 0.15) is 11.5 Å². The van der Waals surface area contributed by atoms with Gasteiger partial charge >= 0.3 is 6.18 Å². The zero-order valence-electron chi connectivity index (χ0n) is 15.4. The van der Waals surface area contributed by atoms with Gasteiger partial charge in [0.05, 0.1) is 12.5 Å². The highest BCUT2D eigenvalue weighted by atomic mass is 19.4. The molecule has 152 valence electrons. The van der Waals surface area contributed by atoms with Crippen LogP contribution < -0.4 is 0 Å². The quantitative estimate of drug-likeness (QED) is 0.557. The first kappa shape index (κ1) is 19.5. The number of rotatable bonds is 5. The molecule has 0 amide bonds. The van der Waals surface area contributed by atoms with Gasteiger partial charge in [-0.3, -0.25) is 9.88 Å². The van der Waals surface area contributed by atoms with E-state index in [1.165, 1.54) is 12.1 Å². The minimum Gasteiger partial charge on any atom is -0.337 e. The molecular formula is C20H18F4N4O. The molecule has 3 aromatic rings. The summed E-state index contributed by atoms with van der Waals surface area (Å²) in [7, 11) is 0. The molecule has 2 aromatic heterocycles. The second kappa shape index (κ2) is 7.90. The van der Waals surface area contributed by atoms with Gasteiger partial charge in [0, 0.05) is 18.3 Å². The number of likely N-dealkylation sites (tertiary alicyclic amines) is 1. The molecule has 0 radical (unpaired) electrons. The normalized spacial score (nSPS) is 17.7. The van der Waals surface area contributed by atoms with Crippen LogP contribution in [0, 0.1) is 5.82 Å². The highest BCUT2D eigenvalue weighted by molar-refractivity contribution is 5.64. The Hall–Kier alpha value is -2.81. The van der Waals surface area contributed by atoms with Crippen molar-refractivity contribution in [2.24, 2.45) is 0 Å². The smallest absolute Gasteiger partial charge is 0.337 e. The molecule has 1 aliphatic rings. The van der Waals surface area contributed by atoms with Crippen LogP contribution in [0.1, 0.15) is 31.2 Å². The van der Waals surface area contributed by atoms with Gasteiger partial charge in [0.25, 0.3) is 0 Å². The van der Waals surface area contributed by atoms with E-state index < -0.39 is 12.6 Å². The zero-order chi connectivity index (χ0) is 20.4. The summed E-state index contributed by atoms with van der Waals surface area (Å²) in [5, 5.41) is 3.93. The predicted octanol–water partition coefficient (Wildman–Crippen LogP) is 5.03. The number of benzene rings is 1. The molecule has 3 heterocycles. The molecular weight excluding hydrogens is 388 g/mol. The molecule has 0 saturated carbocycles. The number of alkyl halides is 3. The number of halogens is 4. The lowest BCUT2D eigenvalue weighted by molar-refractivity contribution is -0.138. The van der Waals surface area contributed by atoms with Crippen LogP contribution in [0.15, 0.2) is 47.1 Å². The Labute approximate surface area is 164 Å². The van der Waals surface area contributed by atoms with E-state index in [-0.39, 0.29) is 24.2 Å². The van der Waals surface area contributed by atoms with Gasteiger partial charge in [0.2, 0.25) is 11.7 Å². The number of nitrogens with zero attached hydrogens (tertiary/aromatic N) is 4. The average molecular weight is 406 g/mol. The third kappa shape index (κ3) is 4.61.